The third-order valence-electron chi connectivity index (χ3n) is 5.52. The molecule has 1 N–H and O–H groups in total. The summed E-state index contributed by atoms with van der Waals surface area (Å²) in [5.41, 5.74) is 0.703. The van der Waals surface area contributed by atoms with Crippen LogP contribution in [0.5, 0.6) is 5.75 Å². The monoisotopic (exact) mass is 506 g/mol. The van der Waals surface area contributed by atoms with Gasteiger partial charge in [-0.15, -0.1) is 0 Å². The molecule has 1 saturated heterocycles. The molecule has 0 saturated carbocycles. The number of aliphatic hydroxyl groups is 1. The maximum absolute atomic E-state index is 13.0. The summed E-state index contributed by atoms with van der Waals surface area (Å²) < 4.78 is 42.5. The van der Waals surface area contributed by atoms with Gasteiger partial charge in [0.15, 0.2) is 0 Å². The molecule has 1 aliphatic heterocycles. The number of carbonyl (C=O) groups is 2. The lowest BCUT2D eigenvalue weighted by molar-refractivity contribution is 0.0525. The number of rotatable bonds is 10. The highest BCUT2D eigenvalue weighted by Crippen LogP contribution is 2.19. The Kier molecular flexibility index (Phi) is 9.21. The highest BCUT2D eigenvalue weighted by Gasteiger charge is 2.29. The van der Waals surface area contributed by atoms with Crippen molar-refractivity contribution in [1.82, 2.24) is 9.21 Å². The number of carbonyl (C=O) groups excluding carboxylic acids is 2. The summed E-state index contributed by atoms with van der Waals surface area (Å²) in [6.45, 7) is 3.83. The second-order valence-corrected chi connectivity index (χ2v) is 9.87. The van der Waals surface area contributed by atoms with E-state index in [9.17, 15) is 23.1 Å². The molecule has 2 aromatic carbocycles. The first-order chi connectivity index (χ1) is 16.7. The molecule has 1 fully saturated rings. The quantitative estimate of drug-likeness (QED) is 0.476. The van der Waals surface area contributed by atoms with Crippen molar-refractivity contribution in [3.05, 3.63) is 59.7 Å². The normalized spacial score (nSPS) is 15.9. The number of esters is 2. The van der Waals surface area contributed by atoms with E-state index in [1.165, 1.54) is 35.7 Å². The first-order valence-corrected chi connectivity index (χ1v) is 12.7. The van der Waals surface area contributed by atoms with E-state index in [1.807, 2.05) is 4.90 Å². The van der Waals surface area contributed by atoms with Gasteiger partial charge in [0, 0.05) is 32.7 Å². The summed E-state index contributed by atoms with van der Waals surface area (Å²) in [6.07, 6.45) is -0.770. The van der Waals surface area contributed by atoms with Crippen LogP contribution < -0.4 is 4.74 Å². The van der Waals surface area contributed by atoms with Crippen molar-refractivity contribution in [2.24, 2.45) is 0 Å². The van der Waals surface area contributed by atoms with Gasteiger partial charge in [0.25, 0.3) is 0 Å². The minimum atomic E-state index is -3.69. The van der Waals surface area contributed by atoms with Gasteiger partial charge in [0.2, 0.25) is 10.0 Å². The van der Waals surface area contributed by atoms with Crippen molar-refractivity contribution in [1.29, 1.82) is 0 Å². The van der Waals surface area contributed by atoms with E-state index >= 15 is 0 Å². The molecule has 0 spiro atoms. The van der Waals surface area contributed by atoms with Crippen LogP contribution in [-0.4, -0.2) is 93.8 Å². The molecular weight excluding hydrogens is 476 g/mol. The van der Waals surface area contributed by atoms with Gasteiger partial charge in [0.1, 0.15) is 18.5 Å². The Labute approximate surface area is 205 Å². The fraction of sp³-hybridized carbons (Fsp3) is 0.417. The summed E-state index contributed by atoms with van der Waals surface area (Å²) >= 11 is 0. The number of piperazine rings is 1. The largest absolute Gasteiger partial charge is 0.491 e. The van der Waals surface area contributed by atoms with Crippen LogP contribution in [0.15, 0.2) is 53.4 Å². The van der Waals surface area contributed by atoms with Gasteiger partial charge in [-0.25, -0.2) is 18.0 Å². The summed E-state index contributed by atoms with van der Waals surface area (Å²) in [6, 6.07) is 12.1. The molecule has 1 aliphatic rings. The van der Waals surface area contributed by atoms with Crippen molar-refractivity contribution < 1.29 is 37.3 Å². The Hall–Kier alpha value is -2.99. The summed E-state index contributed by atoms with van der Waals surface area (Å²) in [4.78, 5) is 25.3. The van der Waals surface area contributed by atoms with Gasteiger partial charge >= 0.3 is 11.9 Å². The van der Waals surface area contributed by atoms with Gasteiger partial charge in [0.05, 0.1) is 29.7 Å². The number of β-amino-alcohol motifs (C(OH)–C–C–N with tert-alkyl or cyclic N) is 1. The predicted molar refractivity (Wildman–Crippen MR) is 127 cm³/mol. The number of methoxy groups -OCH3 is 1. The molecule has 2 aromatic rings. The van der Waals surface area contributed by atoms with E-state index in [1.54, 1.807) is 31.2 Å². The van der Waals surface area contributed by atoms with Gasteiger partial charge < -0.3 is 19.3 Å². The molecule has 0 unspecified atom stereocenters. The van der Waals surface area contributed by atoms with Crippen LogP contribution in [0.3, 0.4) is 0 Å². The third kappa shape index (κ3) is 7.01. The molecule has 0 radical (unpaired) electrons. The molecule has 35 heavy (non-hydrogen) atoms. The highest BCUT2D eigenvalue weighted by atomic mass is 32.2. The molecule has 0 amide bonds. The fourth-order valence-corrected chi connectivity index (χ4v) is 5.05. The first-order valence-electron chi connectivity index (χ1n) is 11.2. The maximum Gasteiger partial charge on any atom is 0.338 e. The molecular formula is C24H30N2O8S. The Morgan fingerprint density at radius 3 is 2.09 bits per heavy atom. The van der Waals surface area contributed by atoms with Crippen molar-refractivity contribution in [2.75, 3.05) is 53.0 Å². The smallest absolute Gasteiger partial charge is 0.338 e. The number of hydrogen-bond donors (Lipinski definition) is 1. The molecule has 11 heteroatoms. The Balaban J connectivity index is 1.46. The van der Waals surface area contributed by atoms with E-state index in [-0.39, 0.29) is 31.2 Å². The number of sulfonamides is 1. The predicted octanol–water partition coefficient (Wildman–Crippen LogP) is 1.40. The molecule has 10 nitrogen and oxygen atoms in total. The maximum atomic E-state index is 13.0. The van der Waals surface area contributed by atoms with Crippen molar-refractivity contribution in [3.63, 3.8) is 0 Å². The van der Waals surface area contributed by atoms with Crippen LogP contribution in [0, 0.1) is 0 Å². The average molecular weight is 507 g/mol. The van der Waals surface area contributed by atoms with Crippen LogP contribution in [0.25, 0.3) is 0 Å². The molecule has 0 aromatic heterocycles. The second kappa shape index (κ2) is 12.1. The summed E-state index contributed by atoms with van der Waals surface area (Å²) in [5, 5.41) is 10.3. The average Bonchev–Trinajstić information content (AvgIpc) is 2.88. The molecule has 0 bridgehead atoms. The van der Waals surface area contributed by atoms with Crippen molar-refractivity contribution in [3.8, 4) is 5.75 Å². The van der Waals surface area contributed by atoms with Crippen molar-refractivity contribution in [2.45, 2.75) is 17.9 Å². The van der Waals surface area contributed by atoms with E-state index < -0.39 is 28.1 Å². The molecule has 3 rings (SSSR count). The molecule has 1 atom stereocenters. The van der Waals surface area contributed by atoms with E-state index in [0.29, 0.717) is 36.5 Å². The van der Waals surface area contributed by atoms with Crippen LogP contribution in [0.2, 0.25) is 0 Å². The van der Waals surface area contributed by atoms with E-state index in [0.717, 1.165) is 0 Å². The van der Waals surface area contributed by atoms with Crippen molar-refractivity contribution >= 4 is 22.0 Å². The molecule has 190 valence electrons. The Morgan fingerprint density at radius 1 is 0.943 bits per heavy atom. The molecule has 0 aliphatic carbocycles. The van der Waals surface area contributed by atoms with Gasteiger partial charge in [-0.2, -0.15) is 4.31 Å². The number of aliphatic hydroxyl groups excluding tert-OH is 1. The SMILES string of the molecule is CCOC(=O)c1ccc(S(=O)(=O)N2CCN(C[C@@H](O)COc3ccc(C(=O)OC)cc3)CC2)cc1. The highest BCUT2D eigenvalue weighted by molar-refractivity contribution is 7.89. The van der Waals surface area contributed by atoms with Gasteiger partial charge in [-0.3, -0.25) is 4.90 Å². The second-order valence-electron chi connectivity index (χ2n) is 7.93. The minimum absolute atomic E-state index is 0.0584. The number of nitrogens with zero attached hydrogens (tertiary/aromatic N) is 2. The zero-order valence-corrected chi connectivity index (χ0v) is 20.6. The van der Waals surface area contributed by atoms with Crippen LogP contribution in [0.1, 0.15) is 27.6 Å². The zero-order valence-electron chi connectivity index (χ0n) is 19.8. The Bertz CT molecular complexity index is 1100. The topological polar surface area (TPSA) is 123 Å². The lowest BCUT2D eigenvalue weighted by Gasteiger charge is -2.34. The van der Waals surface area contributed by atoms with Crippen LogP contribution in [0.4, 0.5) is 0 Å². The van der Waals surface area contributed by atoms with Gasteiger partial charge in [-0.1, -0.05) is 0 Å². The van der Waals surface area contributed by atoms with E-state index in [4.69, 9.17) is 9.47 Å². The molecule has 1 heterocycles. The third-order valence-corrected chi connectivity index (χ3v) is 7.43. The first kappa shape index (κ1) is 26.6. The number of ether oxygens (including phenoxy) is 3. The standard InChI is InChI=1S/C24H30N2O8S/c1-3-33-24(29)19-6-10-22(11-7-19)35(30,31)26-14-12-25(13-15-26)16-20(27)17-34-21-8-4-18(5-9-21)23(28)32-2/h4-11,20,27H,3,12-17H2,1-2H3/t20-/m1/s1. The zero-order chi connectivity index (χ0) is 25.4. The number of hydrogen-bond acceptors (Lipinski definition) is 9. The number of benzene rings is 2. The van der Waals surface area contributed by atoms with Gasteiger partial charge in [-0.05, 0) is 55.5 Å². The fourth-order valence-electron chi connectivity index (χ4n) is 3.63. The van der Waals surface area contributed by atoms with Crippen LogP contribution in [-0.2, 0) is 19.5 Å². The van der Waals surface area contributed by atoms with E-state index in [2.05, 4.69) is 4.74 Å². The lowest BCUT2D eigenvalue weighted by atomic mass is 10.2. The Morgan fingerprint density at radius 2 is 1.51 bits per heavy atom. The summed E-state index contributed by atoms with van der Waals surface area (Å²) in [7, 11) is -2.38. The minimum Gasteiger partial charge on any atom is -0.491 e. The summed E-state index contributed by atoms with van der Waals surface area (Å²) in [5.74, 6) is -0.418. The van der Waals surface area contributed by atoms with Crippen LogP contribution >= 0.6 is 0 Å². The lowest BCUT2D eigenvalue weighted by Crippen LogP contribution is -2.50.